The number of pyridine rings is 1. The highest BCUT2D eigenvalue weighted by Gasteiger charge is 2.39. The van der Waals surface area contributed by atoms with E-state index in [-0.39, 0.29) is 36.8 Å². The molecule has 2 amide bonds. The second-order valence-corrected chi connectivity index (χ2v) is 11.8. The van der Waals surface area contributed by atoms with Crippen LogP contribution in [0.1, 0.15) is 55.4 Å². The lowest BCUT2D eigenvalue weighted by molar-refractivity contribution is 0.0176. The van der Waals surface area contributed by atoms with Gasteiger partial charge in [0.05, 0.1) is 23.3 Å². The van der Waals surface area contributed by atoms with E-state index in [2.05, 4.69) is 27.4 Å². The molecule has 0 radical (unpaired) electrons. The highest BCUT2D eigenvalue weighted by molar-refractivity contribution is 6.29. The van der Waals surface area contributed by atoms with E-state index in [0.717, 1.165) is 0 Å². The third-order valence-corrected chi connectivity index (χ3v) is 7.22. The number of aryl methyl sites for hydroxylation is 1. The zero-order chi connectivity index (χ0) is 30.9. The number of piperidine rings is 1. The van der Waals surface area contributed by atoms with Gasteiger partial charge in [0.25, 0.3) is 5.91 Å². The Kier molecular flexibility index (Phi) is 7.78. The molecule has 4 aromatic rings. The summed E-state index contributed by atoms with van der Waals surface area (Å²) in [5.74, 6) is -0.529. The number of rotatable bonds is 4. The number of benzene rings is 1. The van der Waals surface area contributed by atoms with Gasteiger partial charge in [-0.05, 0) is 63.6 Å². The Labute approximate surface area is 253 Å². The summed E-state index contributed by atoms with van der Waals surface area (Å²) in [7, 11) is 0. The van der Waals surface area contributed by atoms with Gasteiger partial charge in [-0.1, -0.05) is 23.7 Å². The largest absolute Gasteiger partial charge is 0.444 e. The van der Waals surface area contributed by atoms with Crippen LogP contribution in [0.2, 0.25) is 5.15 Å². The fourth-order valence-corrected chi connectivity index (χ4v) is 5.23. The Hall–Kier alpha value is -5.00. The predicted molar refractivity (Wildman–Crippen MR) is 159 cm³/mol. The minimum absolute atomic E-state index is 0.0899. The van der Waals surface area contributed by atoms with Crippen molar-refractivity contribution in [1.82, 2.24) is 29.8 Å². The second-order valence-electron chi connectivity index (χ2n) is 11.4. The van der Waals surface area contributed by atoms with Crippen LogP contribution < -0.4 is 5.32 Å². The lowest BCUT2D eigenvalue weighted by Crippen LogP contribution is -2.56. The second kappa shape index (κ2) is 11.3. The molecule has 1 saturated heterocycles. The molecule has 12 heteroatoms. The van der Waals surface area contributed by atoms with Gasteiger partial charge in [-0.25, -0.2) is 19.3 Å². The topological polar surface area (TPSA) is 149 Å². The zero-order valence-electron chi connectivity index (χ0n) is 24.2. The van der Waals surface area contributed by atoms with Crippen molar-refractivity contribution >= 4 is 29.2 Å². The zero-order valence-corrected chi connectivity index (χ0v) is 24.9. The van der Waals surface area contributed by atoms with Crippen LogP contribution in [0.3, 0.4) is 0 Å². The normalized spacial score (nSPS) is 14.5. The maximum absolute atomic E-state index is 13.5. The molecule has 0 bridgehead atoms. The summed E-state index contributed by atoms with van der Waals surface area (Å²) in [5, 5.41) is 27.4. The summed E-state index contributed by atoms with van der Waals surface area (Å²) in [6.45, 7) is 7.72. The fraction of sp³-hybridized carbons (Fsp3) is 0.323. The van der Waals surface area contributed by atoms with Gasteiger partial charge in [0, 0.05) is 43.4 Å². The number of ether oxygens (including phenoxy) is 1. The average Bonchev–Trinajstić information content (AvgIpc) is 3.35. The standard InChI is InChI=1S/C31H29ClN8O3/c1-19-14-22(16-24(32)35-19)25-26(21-7-5-6-20(15-21)17-33)38-40-11-8-23(36-27(25)40)28(41)37-31(18-34)9-12-39(13-10-31)29(42)43-30(2,3)4/h5-8,11,14-16H,9-10,12-13H2,1-4H3,(H,37,41). The monoisotopic (exact) mass is 596 g/mol. The number of carbonyl (C=O) groups excluding carboxylic acids is 2. The van der Waals surface area contributed by atoms with E-state index >= 15 is 0 Å². The molecular formula is C31H29ClN8O3. The molecule has 0 saturated carbocycles. The summed E-state index contributed by atoms with van der Waals surface area (Å²) in [6.07, 6.45) is 1.65. The van der Waals surface area contributed by atoms with Crippen LogP contribution in [-0.4, -0.2) is 60.7 Å². The first-order valence-corrected chi connectivity index (χ1v) is 14.0. The molecule has 43 heavy (non-hydrogen) atoms. The predicted octanol–water partition coefficient (Wildman–Crippen LogP) is 5.31. The first-order chi connectivity index (χ1) is 20.4. The van der Waals surface area contributed by atoms with E-state index in [1.165, 1.54) is 6.07 Å². The Morgan fingerprint density at radius 2 is 1.81 bits per heavy atom. The first-order valence-electron chi connectivity index (χ1n) is 13.7. The van der Waals surface area contributed by atoms with Crippen molar-refractivity contribution in [1.29, 1.82) is 10.5 Å². The van der Waals surface area contributed by atoms with Crippen molar-refractivity contribution in [3.63, 3.8) is 0 Å². The maximum Gasteiger partial charge on any atom is 0.410 e. The van der Waals surface area contributed by atoms with Crippen molar-refractivity contribution in [3.05, 3.63) is 70.8 Å². The van der Waals surface area contributed by atoms with E-state index < -0.39 is 23.1 Å². The number of halogens is 1. The summed E-state index contributed by atoms with van der Waals surface area (Å²) < 4.78 is 7.01. The number of hydrogen-bond donors (Lipinski definition) is 1. The minimum atomic E-state index is -1.18. The number of aromatic nitrogens is 4. The maximum atomic E-state index is 13.5. The molecule has 1 aromatic carbocycles. The molecule has 11 nitrogen and oxygen atoms in total. The highest BCUT2D eigenvalue weighted by Crippen LogP contribution is 2.36. The van der Waals surface area contributed by atoms with Gasteiger partial charge < -0.3 is 15.0 Å². The molecule has 218 valence electrons. The van der Waals surface area contributed by atoms with Crippen molar-refractivity contribution in [2.45, 2.75) is 51.7 Å². The summed E-state index contributed by atoms with van der Waals surface area (Å²) in [5.41, 5.74) is 2.36. The molecule has 0 atom stereocenters. The summed E-state index contributed by atoms with van der Waals surface area (Å²) in [4.78, 5) is 36.5. The number of hydrogen-bond acceptors (Lipinski definition) is 8. The molecule has 3 aromatic heterocycles. The van der Waals surface area contributed by atoms with Gasteiger partial charge >= 0.3 is 6.09 Å². The number of nitrogens with zero attached hydrogens (tertiary/aromatic N) is 7. The fourth-order valence-electron chi connectivity index (χ4n) is 4.98. The van der Waals surface area contributed by atoms with Crippen LogP contribution in [0.5, 0.6) is 0 Å². The van der Waals surface area contributed by atoms with E-state index in [4.69, 9.17) is 21.4 Å². The van der Waals surface area contributed by atoms with Crippen LogP contribution >= 0.6 is 11.6 Å². The van der Waals surface area contributed by atoms with Gasteiger partial charge in [-0.3, -0.25) is 4.79 Å². The summed E-state index contributed by atoms with van der Waals surface area (Å²) >= 11 is 6.32. The van der Waals surface area contributed by atoms with Crippen molar-refractivity contribution in [3.8, 4) is 34.5 Å². The molecule has 1 fully saturated rings. The smallest absolute Gasteiger partial charge is 0.410 e. The molecule has 4 heterocycles. The third kappa shape index (κ3) is 6.27. The van der Waals surface area contributed by atoms with Crippen LogP contribution in [0, 0.1) is 29.6 Å². The molecule has 0 spiro atoms. The number of likely N-dealkylation sites (tertiary alicyclic amines) is 1. The molecule has 1 N–H and O–H groups in total. The van der Waals surface area contributed by atoms with Gasteiger partial charge in [0.15, 0.2) is 5.65 Å². The third-order valence-electron chi connectivity index (χ3n) is 7.03. The van der Waals surface area contributed by atoms with Crippen LogP contribution in [0.25, 0.3) is 28.0 Å². The average molecular weight is 597 g/mol. The molecule has 0 unspecified atom stereocenters. The Morgan fingerprint density at radius 1 is 1.07 bits per heavy atom. The van der Waals surface area contributed by atoms with Gasteiger partial charge in [0.1, 0.15) is 27.7 Å². The number of carbonyl (C=O) groups is 2. The lowest BCUT2D eigenvalue weighted by atomic mass is 9.89. The van der Waals surface area contributed by atoms with Crippen LogP contribution in [-0.2, 0) is 4.74 Å². The highest BCUT2D eigenvalue weighted by atomic mass is 35.5. The Balaban J connectivity index is 1.49. The van der Waals surface area contributed by atoms with Gasteiger partial charge in [0.2, 0.25) is 0 Å². The quantitative estimate of drug-likeness (QED) is 0.311. The van der Waals surface area contributed by atoms with Gasteiger partial charge in [-0.2, -0.15) is 15.6 Å². The van der Waals surface area contributed by atoms with Crippen LogP contribution in [0.4, 0.5) is 4.79 Å². The van der Waals surface area contributed by atoms with E-state index in [1.54, 1.807) is 60.6 Å². The number of nitrogens with one attached hydrogen (secondary N) is 1. The minimum Gasteiger partial charge on any atom is -0.444 e. The van der Waals surface area contributed by atoms with Crippen molar-refractivity contribution in [2.75, 3.05) is 13.1 Å². The lowest BCUT2D eigenvalue weighted by Gasteiger charge is -2.38. The van der Waals surface area contributed by atoms with E-state index in [1.807, 2.05) is 19.1 Å². The number of fused-ring (bicyclic) bond motifs is 1. The SMILES string of the molecule is Cc1cc(-c2c(-c3cccc(C#N)c3)nn3ccc(C(=O)NC4(C#N)CCN(C(=O)OC(C)(C)C)CC4)nc23)cc(Cl)n1. The Morgan fingerprint density at radius 3 is 2.47 bits per heavy atom. The molecule has 5 rings (SSSR count). The van der Waals surface area contributed by atoms with Crippen LogP contribution in [0.15, 0.2) is 48.7 Å². The molecule has 0 aliphatic carbocycles. The van der Waals surface area contributed by atoms with Crippen molar-refractivity contribution < 1.29 is 14.3 Å². The molecule has 1 aliphatic rings. The summed E-state index contributed by atoms with van der Waals surface area (Å²) in [6, 6.07) is 16.5. The molecular weight excluding hydrogens is 568 g/mol. The van der Waals surface area contributed by atoms with E-state index in [0.29, 0.717) is 39.3 Å². The number of nitriles is 2. The Bertz CT molecular complexity index is 1800. The first kappa shape index (κ1) is 29.5. The van der Waals surface area contributed by atoms with Crippen molar-refractivity contribution in [2.24, 2.45) is 0 Å². The van der Waals surface area contributed by atoms with E-state index in [9.17, 15) is 20.1 Å². The number of amides is 2. The molecule has 1 aliphatic heterocycles. The van der Waals surface area contributed by atoms with Gasteiger partial charge in [-0.15, -0.1) is 0 Å².